The van der Waals surface area contributed by atoms with Crippen molar-refractivity contribution in [2.24, 2.45) is 5.92 Å². The van der Waals surface area contributed by atoms with Crippen LogP contribution in [0.2, 0.25) is 0 Å². The topological polar surface area (TPSA) is 26.3 Å². The van der Waals surface area contributed by atoms with Gasteiger partial charge in [-0.25, -0.2) is 0 Å². The molecule has 0 aliphatic carbocycles. The number of hydrogen-bond acceptors (Lipinski definition) is 2. The number of carbonyl (C=O) groups excluding carboxylic acids is 1. The van der Waals surface area contributed by atoms with Crippen LogP contribution < -0.4 is 0 Å². The summed E-state index contributed by atoms with van der Waals surface area (Å²) in [5.41, 5.74) is 0. The summed E-state index contributed by atoms with van der Waals surface area (Å²) in [7, 11) is 1.44. The van der Waals surface area contributed by atoms with Crippen molar-refractivity contribution in [2.75, 3.05) is 7.11 Å². The van der Waals surface area contributed by atoms with E-state index >= 15 is 0 Å². The number of methoxy groups -OCH3 is 1. The van der Waals surface area contributed by atoms with Crippen LogP contribution in [0.3, 0.4) is 0 Å². The Bertz CT molecular complexity index is 402. The van der Waals surface area contributed by atoms with E-state index in [4.69, 9.17) is 0 Å². The highest BCUT2D eigenvalue weighted by molar-refractivity contribution is 5.69. The van der Waals surface area contributed by atoms with Crippen LogP contribution in [0.15, 0.2) is 48.6 Å². The van der Waals surface area contributed by atoms with E-state index in [1.54, 1.807) is 0 Å². The highest BCUT2D eigenvalue weighted by Gasteiger charge is 2.06. The molecule has 0 bridgehead atoms. The highest BCUT2D eigenvalue weighted by Crippen LogP contribution is 2.09. The maximum Gasteiger partial charge on any atom is 0.305 e. The molecule has 0 aromatic rings. The molecule has 2 heteroatoms. The molecule has 0 aromatic carbocycles. The normalized spacial score (nSPS) is 13.6. The van der Waals surface area contributed by atoms with Crippen LogP contribution >= 0.6 is 0 Å². The molecule has 0 fully saturated rings. The standard InChI is InChI=1S/C22H36O2/c1-4-5-6-7-8-9-10-11-12-13-14-15-16-17-18-19-21(2)20-22(23)24-3/h8-9,11-12,14-15,17-18,21H,4-7,10,13,16,19-20H2,1-3H3/b9-8-,12-11-,15-14-,18-17-. The lowest BCUT2D eigenvalue weighted by Crippen LogP contribution is -2.06. The largest absolute Gasteiger partial charge is 0.469 e. The Balaban J connectivity index is 3.56. The third-order valence-electron chi connectivity index (χ3n) is 3.74. The van der Waals surface area contributed by atoms with Gasteiger partial charge in [0.15, 0.2) is 0 Å². The molecule has 24 heavy (non-hydrogen) atoms. The minimum absolute atomic E-state index is 0.126. The molecule has 0 aliphatic heterocycles. The lowest BCUT2D eigenvalue weighted by atomic mass is 10.0. The summed E-state index contributed by atoms with van der Waals surface area (Å²) in [6.45, 7) is 4.31. The Morgan fingerprint density at radius 2 is 1.42 bits per heavy atom. The fraction of sp³-hybridized carbons (Fsp3) is 0.591. The zero-order chi connectivity index (χ0) is 17.9. The van der Waals surface area contributed by atoms with Gasteiger partial charge in [-0.15, -0.1) is 0 Å². The fourth-order valence-corrected chi connectivity index (χ4v) is 2.22. The van der Waals surface area contributed by atoms with Crippen LogP contribution in [0.4, 0.5) is 0 Å². The van der Waals surface area contributed by atoms with Gasteiger partial charge in [0.25, 0.3) is 0 Å². The van der Waals surface area contributed by atoms with Gasteiger partial charge in [0.1, 0.15) is 0 Å². The Morgan fingerprint density at radius 3 is 1.96 bits per heavy atom. The molecular weight excluding hydrogens is 296 g/mol. The van der Waals surface area contributed by atoms with E-state index in [1.165, 1.54) is 32.8 Å². The van der Waals surface area contributed by atoms with E-state index in [0.717, 1.165) is 25.7 Å². The smallest absolute Gasteiger partial charge is 0.305 e. The first-order valence-corrected chi connectivity index (χ1v) is 9.37. The van der Waals surface area contributed by atoms with E-state index < -0.39 is 0 Å². The van der Waals surface area contributed by atoms with Gasteiger partial charge in [0, 0.05) is 6.42 Å². The van der Waals surface area contributed by atoms with Crippen LogP contribution in [0.25, 0.3) is 0 Å². The SMILES string of the molecule is CCCCC/C=C\C/C=C\C/C=C\C/C=C\CC(C)CC(=O)OC. The van der Waals surface area contributed by atoms with Crippen molar-refractivity contribution in [3.63, 3.8) is 0 Å². The molecule has 0 spiro atoms. The van der Waals surface area contributed by atoms with Gasteiger partial charge in [-0.05, 0) is 44.4 Å². The predicted molar refractivity (Wildman–Crippen MR) is 105 cm³/mol. The van der Waals surface area contributed by atoms with Crippen molar-refractivity contribution in [2.45, 2.75) is 71.6 Å². The molecule has 0 aliphatic rings. The van der Waals surface area contributed by atoms with E-state index in [-0.39, 0.29) is 5.97 Å². The van der Waals surface area contributed by atoms with Crippen molar-refractivity contribution in [3.05, 3.63) is 48.6 Å². The average molecular weight is 333 g/mol. The number of rotatable bonds is 14. The number of unbranched alkanes of at least 4 members (excludes halogenated alkanes) is 3. The summed E-state index contributed by atoms with van der Waals surface area (Å²) in [5, 5.41) is 0. The quantitative estimate of drug-likeness (QED) is 0.205. The van der Waals surface area contributed by atoms with Crippen molar-refractivity contribution in [3.8, 4) is 0 Å². The molecule has 0 saturated carbocycles. The average Bonchev–Trinajstić information content (AvgIpc) is 2.58. The van der Waals surface area contributed by atoms with Crippen LogP contribution in [0.5, 0.6) is 0 Å². The van der Waals surface area contributed by atoms with Gasteiger partial charge >= 0.3 is 5.97 Å². The molecule has 0 amide bonds. The van der Waals surface area contributed by atoms with Gasteiger partial charge in [-0.2, -0.15) is 0 Å². The van der Waals surface area contributed by atoms with E-state index in [9.17, 15) is 4.79 Å². The first kappa shape index (κ1) is 22.4. The fourth-order valence-electron chi connectivity index (χ4n) is 2.22. The van der Waals surface area contributed by atoms with E-state index in [2.05, 4.69) is 67.2 Å². The summed E-state index contributed by atoms with van der Waals surface area (Å²) in [5.74, 6) is 0.217. The summed E-state index contributed by atoms with van der Waals surface area (Å²) < 4.78 is 4.66. The monoisotopic (exact) mass is 332 g/mol. The van der Waals surface area contributed by atoms with E-state index in [1.807, 2.05) is 0 Å². The van der Waals surface area contributed by atoms with Gasteiger partial charge in [-0.3, -0.25) is 4.79 Å². The maximum atomic E-state index is 11.1. The third-order valence-corrected chi connectivity index (χ3v) is 3.74. The van der Waals surface area contributed by atoms with Crippen LogP contribution in [-0.2, 0) is 9.53 Å². The van der Waals surface area contributed by atoms with Crippen molar-refractivity contribution < 1.29 is 9.53 Å². The lowest BCUT2D eigenvalue weighted by Gasteiger charge is -2.05. The second kappa shape index (κ2) is 17.8. The number of ether oxygens (including phenoxy) is 1. The highest BCUT2D eigenvalue weighted by atomic mass is 16.5. The molecule has 1 unspecified atom stereocenters. The summed E-state index contributed by atoms with van der Waals surface area (Å²) in [6, 6.07) is 0. The molecule has 136 valence electrons. The van der Waals surface area contributed by atoms with Crippen LogP contribution in [0.1, 0.15) is 71.6 Å². The van der Waals surface area contributed by atoms with Gasteiger partial charge in [-0.1, -0.05) is 75.3 Å². The molecule has 2 nitrogen and oxygen atoms in total. The summed E-state index contributed by atoms with van der Waals surface area (Å²) >= 11 is 0. The van der Waals surface area contributed by atoms with Crippen molar-refractivity contribution in [1.82, 2.24) is 0 Å². The third kappa shape index (κ3) is 16.8. The number of allylic oxidation sites excluding steroid dienone is 8. The lowest BCUT2D eigenvalue weighted by molar-refractivity contribution is -0.141. The second-order valence-corrected chi connectivity index (χ2v) is 6.21. The number of carbonyl (C=O) groups is 1. The summed E-state index contributed by atoms with van der Waals surface area (Å²) in [4.78, 5) is 11.1. The molecule has 0 saturated heterocycles. The minimum atomic E-state index is -0.126. The van der Waals surface area contributed by atoms with Crippen molar-refractivity contribution in [1.29, 1.82) is 0 Å². The molecule has 0 N–H and O–H groups in total. The Kier molecular flexibility index (Phi) is 16.6. The van der Waals surface area contributed by atoms with Crippen molar-refractivity contribution >= 4 is 5.97 Å². The van der Waals surface area contributed by atoms with Gasteiger partial charge < -0.3 is 4.74 Å². The molecule has 0 heterocycles. The molecule has 0 aromatic heterocycles. The van der Waals surface area contributed by atoms with E-state index in [0.29, 0.717) is 12.3 Å². The van der Waals surface area contributed by atoms with Gasteiger partial charge in [0.05, 0.1) is 7.11 Å². The second-order valence-electron chi connectivity index (χ2n) is 6.21. The Hall–Kier alpha value is -1.57. The Morgan fingerprint density at radius 1 is 0.875 bits per heavy atom. The first-order chi connectivity index (χ1) is 11.7. The van der Waals surface area contributed by atoms with Gasteiger partial charge in [0.2, 0.25) is 0 Å². The zero-order valence-electron chi connectivity index (χ0n) is 15.9. The molecular formula is C22H36O2. The van der Waals surface area contributed by atoms with Crippen LogP contribution in [-0.4, -0.2) is 13.1 Å². The predicted octanol–water partition coefficient (Wildman–Crippen LogP) is 6.55. The summed E-state index contributed by atoms with van der Waals surface area (Å²) in [6.07, 6.45) is 27.3. The van der Waals surface area contributed by atoms with Crippen LogP contribution in [0, 0.1) is 5.92 Å². The molecule has 0 rings (SSSR count). The number of esters is 1. The maximum absolute atomic E-state index is 11.1. The minimum Gasteiger partial charge on any atom is -0.469 e. The zero-order valence-corrected chi connectivity index (χ0v) is 15.9. The number of hydrogen-bond donors (Lipinski definition) is 0. The molecule has 1 atom stereocenters. The first-order valence-electron chi connectivity index (χ1n) is 9.37. The molecule has 0 radical (unpaired) electrons. The Labute approximate surface area is 149 Å².